The van der Waals surface area contributed by atoms with Gasteiger partial charge in [-0.1, -0.05) is 145 Å². The molecule has 2 atom stereocenters. The van der Waals surface area contributed by atoms with Crippen molar-refractivity contribution >= 4 is 122 Å². The van der Waals surface area contributed by atoms with Crippen LogP contribution in [0.1, 0.15) is 33.4 Å². The van der Waals surface area contributed by atoms with E-state index in [2.05, 4.69) is 299 Å². The van der Waals surface area contributed by atoms with Crippen LogP contribution in [0.15, 0.2) is 231 Å². The summed E-state index contributed by atoms with van der Waals surface area (Å²) in [5.41, 5.74) is 29.1. The van der Waals surface area contributed by atoms with Gasteiger partial charge in [-0.15, -0.1) is 0 Å². The van der Waals surface area contributed by atoms with Crippen molar-refractivity contribution in [2.45, 2.75) is 41.5 Å². The number of hydrogen-bond acceptors (Lipinski definition) is 0. The summed E-state index contributed by atoms with van der Waals surface area (Å²) >= 11 is 0. The first-order valence-corrected chi connectivity index (χ1v) is 31.9. The molecule has 0 aliphatic carbocycles. The highest BCUT2D eigenvalue weighted by atomic mass is 31.1. The number of benzene rings is 12. The minimum atomic E-state index is -1.15. The number of rotatable bonds is 6. The van der Waals surface area contributed by atoms with E-state index in [9.17, 15) is 0 Å². The molecule has 0 aliphatic heterocycles. The fourth-order valence-electron chi connectivity index (χ4n) is 14.4. The Morgan fingerprint density at radius 3 is 0.619 bits per heavy atom. The highest BCUT2D eigenvalue weighted by molar-refractivity contribution is 7.64. The summed E-state index contributed by atoms with van der Waals surface area (Å²) in [5.74, 6) is 0. The SMILES string of the molecule is Cc1ccc(-n2c3cccc4c3p3c5c2cccc5n(-c2ccc(C)cc2)c2c5cc6c7c(c5cc(c23)n4-c2ccc(C)cc2)n(-c2ccc(C)cc2)c2cccc3c2p7c2c(cccc2n6-c2ccc(C)cc2)n3-c2ccc(C)cc2)cc1. The van der Waals surface area contributed by atoms with Gasteiger partial charge in [-0.05, 0) is 175 Å². The normalized spacial score (nSPS) is 12.8. The van der Waals surface area contributed by atoms with Crippen LogP contribution in [0.5, 0.6) is 0 Å². The van der Waals surface area contributed by atoms with Crippen LogP contribution < -0.4 is 0 Å². The topological polar surface area (TPSA) is 29.6 Å². The molecule has 6 aromatic heterocycles. The fourth-order valence-corrected chi connectivity index (χ4v) is 20.6. The number of nitrogens with zero attached hydrogens (tertiary/aromatic N) is 6. The summed E-state index contributed by atoms with van der Waals surface area (Å²) in [6.07, 6.45) is 0. The van der Waals surface area contributed by atoms with Crippen molar-refractivity contribution in [3.8, 4) is 34.1 Å². The zero-order valence-corrected chi connectivity index (χ0v) is 49.3. The predicted molar refractivity (Wildman–Crippen MR) is 360 cm³/mol. The van der Waals surface area contributed by atoms with Crippen LogP contribution in [0.4, 0.5) is 0 Å². The van der Waals surface area contributed by atoms with E-state index in [1.54, 1.807) is 0 Å². The van der Waals surface area contributed by atoms with Gasteiger partial charge < -0.3 is 27.4 Å². The Hall–Kier alpha value is -9.70. The van der Waals surface area contributed by atoms with E-state index in [-0.39, 0.29) is 0 Å². The van der Waals surface area contributed by atoms with Gasteiger partial charge in [0.15, 0.2) is 0 Å². The maximum Gasteiger partial charge on any atom is 0.0678 e. The molecule has 0 bridgehead atoms. The largest absolute Gasteiger partial charge is 0.308 e. The second-order valence-corrected chi connectivity index (χ2v) is 27.6. The van der Waals surface area contributed by atoms with Crippen molar-refractivity contribution in [2.75, 3.05) is 0 Å². The average Bonchev–Trinajstić information content (AvgIpc) is 0.686. The third kappa shape index (κ3) is 6.47. The third-order valence-electron chi connectivity index (χ3n) is 18.2. The van der Waals surface area contributed by atoms with E-state index in [1.165, 1.54) is 141 Å². The first kappa shape index (κ1) is 47.9. The molecule has 400 valence electrons. The van der Waals surface area contributed by atoms with Gasteiger partial charge in [-0.3, -0.25) is 0 Å². The molecule has 84 heavy (non-hydrogen) atoms. The number of aryl methyl sites for hydroxylation is 6. The quantitative estimate of drug-likeness (QED) is 0.117. The first-order valence-electron chi connectivity index (χ1n) is 29.2. The van der Waals surface area contributed by atoms with E-state index in [4.69, 9.17) is 0 Å². The van der Waals surface area contributed by atoms with Gasteiger partial charge in [0.25, 0.3) is 0 Å². The van der Waals surface area contributed by atoms with Crippen molar-refractivity contribution in [3.63, 3.8) is 0 Å². The Labute approximate surface area is 486 Å². The minimum absolute atomic E-state index is 1.14. The van der Waals surface area contributed by atoms with Crippen LogP contribution in [-0.2, 0) is 0 Å². The molecule has 0 aliphatic rings. The molecular weight excluding hydrogens is 1060 g/mol. The van der Waals surface area contributed by atoms with Crippen molar-refractivity contribution in [2.24, 2.45) is 0 Å². The second kappa shape index (κ2) is 17.4. The average molecular weight is 1120 g/mol. The number of fused-ring (bicyclic) bond motifs is 3. The van der Waals surface area contributed by atoms with Crippen molar-refractivity contribution < 1.29 is 0 Å². The van der Waals surface area contributed by atoms with Gasteiger partial charge in [0.1, 0.15) is 0 Å². The van der Waals surface area contributed by atoms with E-state index in [0.29, 0.717) is 0 Å². The van der Waals surface area contributed by atoms with Crippen LogP contribution in [0.25, 0.3) is 142 Å². The molecule has 0 saturated carbocycles. The maximum absolute atomic E-state index is 2.67. The Morgan fingerprint density at radius 2 is 0.393 bits per heavy atom. The van der Waals surface area contributed by atoms with Gasteiger partial charge in [-0.25, -0.2) is 0 Å². The molecule has 0 saturated heterocycles. The molecule has 12 aromatic carbocycles. The van der Waals surface area contributed by atoms with E-state index >= 15 is 0 Å². The van der Waals surface area contributed by atoms with E-state index in [1.807, 2.05) is 0 Å². The minimum Gasteiger partial charge on any atom is -0.308 e. The Kier molecular flexibility index (Phi) is 9.93. The predicted octanol–water partition coefficient (Wildman–Crippen LogP) is 21.5. The van der Waals surface area contributed by atoms with E-state index in [0.717, 1.165) is 34.1 Å². The smallest absolute Gasteiger partial charge is 0.0678 e. The summed E-state index contributed by atoms with van der Waals surface area (Å²) < 4.78 is 15.7. The summed E-state index contributed by atoms with van der Waals surface area (Å²) in [4.78, 5) is 0. The van der Waals surface area contributed by atoms with Crippen molar-refractivity contribution in [1.29, 1.82) is 0 Å². The standard InChI is InChI=1S/C76H56N6P2/c1-45-19-31-51(32-20-45)77-59-11-7-15-63-71(59)83-73-61(77)13-9-17-65(73)81(55-39-27-49(5)28-40-55)69-57-44-68-76-70(58(57)43-67(75(69)83)79(63)53-35-23-47(3)24-36-53)82(56-41-29-50(6)30-42-56)66-18-10-14-62-74(66)84(76)72-60(78(62)52-33-21-46(2)22-34-52)12-8-16-64(72)80(68)54-37-25-48(4)26-38-54/h7-44H,1-6H3. The summed E-state index contributed by atoms with van der Waals surface area (Å²) in [7, 11) is -2.30. The lowest BCUT2D eigenvalue weighted by molar-refractivity contribution is 1.13. The highest BCUT2D eigenvalue weighted by Gasteiger charge is 2.31. The van der Waals surface area contributed by atoms with Crippen LogP contribution >= 0.6 is 14.7 Å². The first-order chi connectivity index (χ1) is 41.2. The molecule has 6 nitrogen and oxygen atoms in total. The van der Waals surface area contributed by atoms with Gasteiger partial charge in [-0.2, -0.15) is 0 Å². The fraction of sp³-hybridized carbons (Fsp3) is 0.0789. The van der Waals surface area contributed by atoms with Crippen molar-refractivity contribution in [3.05, 3.63) is 264 Å². The zero-order chi connectivity index (χ0) is 56.0. The van der Waals surface area contributed by atoms with Gasteiger partial charge >= 0.3 is 0 Å². The molecule has 6 heterocycles. The zero-order valence-electron chi connectivity index (χ0n) is 47.5. The van der Waals surface area contributed by atoms with Crippen LogP contribution in [0.3, 0.4) is 0 Å². The molecule has 2 unspecified atom stereocenters. The summed E-state index contributed by atoms with van der Waals surface area (Å²) in [5, 5.41) is 10.8. The number of aromatic nitrogens is 6. The molecule has 8 heteroatoms. The van der Waals surface area contributed by atoms with Gasteiger partial charge in [0.2, 0.25) is 0 Å². The number of hydrogen-bond donors (Lipinski definition) is 0. The lowest BCUT2D eigenvalue weighted by atomic mass is 10.0. The summed E-state index contributed by atoms with van der Waals surface area (Å²) in [6.45, 7) is 13.2. The Bertz CT molecular complexity index is 5370. The Balaban J connectivity index is 1.19. The molecule has 0 N–H and O–H groups in total. The molecular formula is C76H56N6P2. The lowest BCUT2D eigenvalue weighted by Gasteiger charge is -2.31. The molecule has 0 spiro atoms. The van der Waals surface area contributed by atoms with Crippen LogP contribution in [0, 0.1) is 41.5 Å². The van der Waals surface area contributed by atoms with Crippen molar-refractivity contribution in [1.82, 2.24) is 27.4 Å². The van der Waals surface area contributed by atoms with Crippen LogP contribution in [0.2, 0.25) is 0 Å². The van der Waals surface area contributed by atoms with E-state index < -0.39 is 14.7 Å². The molecule has 0 amide bonds. The van der Waals surface area contributed by atoms with Crippen LogP contribution in [-0.4, -0.2) is 27.4 Å². The third-order valence-corrected chi connectivity index (χ3v) is 23.6. The molecule has 0 radical (unpaired) electrons. The molecule has 0 fully saturated rings. The Morgan fingerprint density at radius 1 is 0.202 bits per heavy atom. The van der Waals surface area contributed by atoms with Gasteiger partial charge in [0, 0.05) is 75.6 Å². The molecule has 18 rings (SSSR count). The second-order valence-electron chi connectivity index (χ2n) is 23.6. The highest BCUT2D eigenvalue weighted by Crippen LogP contribution is 2.61. The maximum atomic E-state index is 2.67. The lowest BCUT2D eigenvalue weighted by Crippen LogP contribution is -2.10. The monoisotopic (exact) mass is 1110 g/mol. The molecule has 18 aromatic rings. The van der Waals surface area contributed by atoms with Gasteiger partial charge in [0.05, 0.1) is 66.2 Å². The summed E-state index contributed by atoms with van der Waals surface area (Å²) in [6, 6.07) is 89.0.